The minimum Gasteiger partial charge on any atom is -0.497 e. The fourth-order valence-electron chi connectivity index (χ4n) is 31.6. The number of hydrogen-bond donors (Lipinski definition) is 12. The van der Waals surface area contributed by atoms with E-state index in [0.717, 1.165) is 80.9 Å². The van der Waals surface area contributed by atoms with E-state index in [9.17, 15) is 88.0 Å². The van der Waals surface area contributed by atoms with Crippen LogP contribution in [0.25, 0.3) is 0 Å². The molecule has 5 aliphatic heterocycles. The quantitative estimate of drug-likeness (QED) is 0.0294. The number of carbonyl (C=O) groups is 8. The number of fused-ring (bicyclic) bond motifs is 25. The minimum absolute atomic E-state index is 0.0251. The molecule has 12 saturated carbocycles. The molecule has 4 saturated heterocycles. The van der Waals surface area contributed by atoms with Crippen LogP contribution in [0.15, 0.2) is 150 Å². The van der Waals surface area contributed by atoms with E-state index in [2.05, 4.69) is 63.5 Å². The van der Waals surface area contributed by atoms with E-state index >= 15 is 0 Å². The van der Waals surface area contributed by atoms with Crippen LogP contribution in [0.2, 0.25) is 0 Å². The first-order valence-electron chi connectivity index (χ1n) is 47.2. The smallest absolute Gasteiger partial charge is 0.315 e. The second-order valence-electron chi connectivity index (χ2n) is 43.7. The van der Waals surface area contributed by atoms with Crippen molar-refractivity contribution in [1.82, 2.24) is 21.3 Å². The van der Waals surface area contributed by atoms with Crippen LogP contribution in [0.3, 0.4) is 0 Å². The number of carbonyl (C=O) groups excluding carboxylic acids is 8. The predicted molar refractivity (Wildman–Crippen MR) is 476 cm³/mol. The third-order valence-electron chi connectivity index (χ3n) is 37.9. The molecule has 134 heavy (non-hydrogen) atoms. The molecule has 3 aromatic carbocycles. The van der Waals surface area contributed by atoms with Gasteiger partial charge in [0.05, 0.1) is 60.3 Å². The molecule has 4 unspecified atom stereocenters. The number of hydrogen-bond acceptors (Lipinski definition) is 24. The second kappa shape index (κ2) is 30.8. The number of aliphatic hydroxyl groups is 8. The Morgan fingerprint density at radius 2 is 0.799 bits per heavy atom. The summed E-state index contributed by atoms with van der Waals surface area (Å²) in [7, 11) is 3.15. The lowest BCUT2D eigenvalue weighted by atomic mass is 9.60. The summed E-state index contributed by atoms with van der Waals surface area (Å²) in [5.74, 6) is -6.05. The fourth-order valence-corrected chi connectivity index (χ4v) is 31.8. The van der Waals surface area contributed by atoms with Gasteiger partial charge in [0.25, 0.3) is 0 Å². The Labute approximate surface area is 782 Å². The van der Waals surface area contributed by atoms with Crippen LogP contribution in [0.1, 0.15) is 147 Å². The molecule has 16 bridgehead atoms. The van der Waals surface area contributed by atoms with Gasteiger partial charge < -0.3 is 100 Å². The van der Waals surface area contributed by atoms with Crippen LogP contribution in [-0.4, -0.2) is 199 Å². The first-order chi connectivity index (χ1) is 63.5. The van der Waals surface area contributed by atoms with E-state index < -0.39 is 203 Å². The third-order valence-corrected chi connectivity index (χ3v) is 38.3. The number of methoxy groups -OCH3 is 2. The molecule has 31 heteroatoms. The van der Waals surface area contributed by atoms with Crippen molar-refractivity contribution < 1.29 is 126 Å². The number of rotatable bonds is 15. The van der Waals surface area contributed by atoms with E-state index in [-0.39, 0.29) is 66.8 Å². The summed E-state index contributed by atoms with van der Waals surface area (Å²) in [4.78, 5) is 107. The highest BCUT2D eigenvalue weighted by atomic mass is 79.9. The molecular formula is C103H117BrF2N4O24. The maximum absolute atomic E-state index is 14.2. The van der Waals surface area contributed by atoms with Gasteiger partial charge in [-0.1, -0.05) is 76.7 Å². The van der Waals surface area contributed by atoms with Crippen LogP contribution in [0, 0.1) is 126 Å². The standard InChI is InChI=1S/C28H31NO7.C28H33NO7.C26H27F2NO5.C21H26BrNO5/c1-14-11-27-12-28(14,33)7-5-17(27)16-10-20-23(30)26(2,25(32)36-20)21(16)22(27)24(31)29-8-6-15-3-4-18-19(9-15)35-13-34-18;1-14-11-27-13-28(14,33)8-7-18(27)17-10-20-23(30)26(2,25(32)36-20)21(17)22(27)24(31)29-12-15-5-6-16(34-3)9-19(15)35-4;1-12-9-25-11-26(12,33)7-6-15(25)13-8-18-21(30)24(2,23(32)34-18)19(13)20(25)22(31)29-10-14-16(27)4-3-5-17(14)28;1-10-8-20-9-21(10,27)4-3-12(20)11-7-13-16(24)19(2,18(26)28-13)14(11)15(20)17(25)23-6-5-22/h3-4,9-10,17,20-23,30,33H,1,5-8,11-13H2,2H3,(H,29,31);5-6,9-10,18,20-23,30,33H,1,7-8,11-13H2,2-4H3,(H,29,31);3-5,8,15,18-21,30,33H,1,6-7,9-11H2,2H3,(H,29,31);7,12-16,24,27H,1,3-6,8-9H2,2H3,(H,23,25)/t17-,20+,21?,22+,23-,26-,27-,28-;18-,20+,21?,22+,23-,26-,27-,28-;15-,18+,19?,20+,21-,24-,25-,26-;12-,13+,14?,15+,16-,19-,20-,21-/m0000/s1. The van der Waals surface area contributed by atoms with Crippen molar-refractivity contribution in [1.29, 1.82) is 0 Å². The van der Waals surface area contributed by atoms with E-state index in [1.807, 2.05) is 48.6 Å². The molecule has 12 N–H and O–H groups in total. The summed E-state index contributed by atoms with van der Waals surface area (Å²) in [5, 5.41) is 102. The van der Waals surface area contributed by atoms with Gasteiger partial charge in [-0.25, -0.2) is 8.78 Å². The van der Waals surface area contributed by atoms with E-state index in [1.54, 1.807) is 54.1 Å². The number of halogens is 3. The van der Waals surface area contributed by atoms with E-state index in [1.165, 1.54) is 6.07 Å². The average Bonchev–Trinajstić information content (AvgIpc) is 1.51. The zero-order valence-corrected chi connectivity index (χ0v) is 77.5. The molecule has 16 aliphatic carbocycles. The van der Waals surface area contributed by atoms with Gasteiger partial charge in [-0.2, -0.15) is 0 Å². The largest absolute Gasteiger partial charge is 0.497 e. The van der Waals surface area contributed by atoms with Gasteiger partial charge in [0.1, 0.15) is 93.6 Å². The lowest BCUT2D eigenvalue weighted by molar-refractivity contribution is -0.153. The van der Waals surface area contributed by atoms with Crippen molar-refractivity contribution in [3.05, 3.63) is 178 Å². The van der Waals surface area contributed by atoms with Gasteiger partial charge in [0.15, 0.2) is 11.5 Å². The maximum Gasteiger partial charge on any atom is 0.315 e. The SMILES string of the molecule is C=C1C[C@]23C[C@@]1(O)CC[C@H]2C1=C[C@H]2OC(=O)[C@@](C)(C1[C@@H]3C(=O)NCCBr)[C@H]2O.C=C1C[C@]23C[C@@]1(O)CC[C@H]2C1=C[C@H]2OC(=O)[C@@](C)(C1[C@@H]3C(=O)NCCc1ccc3c(c1)OCO3)[C@H]2O.C=C1C[C@]23C[C@@]1(O)CC[C@H]2C1=C[C@H]2OC(=O)[C@@](C)(C1[C@@H]3C(=O)NCc1c(F)cccc1F)[C@H]2O.C=C1C[C@]23C[C@@]1(O)CC[C@H]2C1=C[C@H]2OC(=O)[C@@](C)(C1[C@@H]3C(=O)NCc1ccc(OC)cc1OC)[C@H]2O. The highest BCUT2D eigenvalue weighted by Crippen LogP contribution is 2.80. The van der Waals surface area contributed by atoms with E-state index in [0.29, 0.717) is 138 Å². The Morgan fingerprint density at radius 1 is 0.455 bits per heavy atom. The molecule has 714 valence electrons. The molecule has 28 nitrogen and oxygen atoms in total. The lowest BCUT2D eigenvalue weighted by Gasteiger charge is -2.42. The second-order valence-corrected chi connectivity index (χ2v) is 44.4. The van der Waals surface area contributed by atoms with Gasteiger partial charge in [0, 0.05) is 72.4 Å². The summed E-state index contributed by atoms with van der Waals surface area (Å²) < 4.78 is 72.1. The monoisotopic (exact) mass is 1910 g/mol. The molecular weight excluding hydrogens is 1800 g/mol. The minimum atomic E-state index is -1.33. The molecule has 0 radical (unpaired) electrons. The summed E-state index contributed by atoms with van der Waals surface area (Å²) in [5.41, 5.74) is -2.45. The van der Waals surface area contributed by atoms with Gasteiger partial charge in [-0.15, -0.1) is 0 Å². The summed E-state index contributed by atoms with van der Waals surface area (Å²) in [6.45, 7) is 24.5. The molecule has 16 fully saturated rings. The molecule has 4 amide bonds. The number of benzene rings is 3. The first kappa shape index (κ1) is 91.0. The lowest BCUT2D eigenvalue weighted by Crippen LogP contribution is -2.52. The molecule has 3 aromatic rings. The molecule has 4 spiro atoms. The van der Waals surface area contributed by atoms with Crippen molar-refractivity contribution in [3.8, 4) is 23.0 Å². The number of alkyl halides is 1. The van der Waals surface area contributed by atoms with Crippen molar-refractivity contribution in [3.63, 3.8) is 0 Å². The zero-order chi connectivity index (χ0) is 94.9. The Bertz CT molecular complexity index is 5810. The fraction of sp³-hybridized carbons (Fsp3) is 0.592. The van der Waals surface area contributed by atoms with Crippen LogP contribution in [0.4, 0.5) is 8.78 Å². The Morgan fingerprint density at radius 3 is 1.15 bits per heavy atom. The molecule has 32 atom stereocenters. The summed E-state index contributed by atoms with van der Waals surface area (Å²) >= 11 is 3.35. The molecule has 24 rings (SSSR count). The Balaban J connectivity index is 0.000000108. The maximum atomic E-state index is 14.2. The third kappa shape index (κ3) is 12.2. The van der Waals surface area contributed by atoms with Crippen molar-refractivity contribution in [2.45, 2.75) is 221 Å². The highest BCUT2D eigenvalue weighted by Gasteiger charge is 2.81. The Kier molecular flexibility index (Phi) is 20.9. The zero-order valence-electron chi connectivity index (χ0n) is 75.9. The number of aliphatic hydroxyl groups excluding tert-OH is 4. The van der Waals surface area contributed by atoms with Crippen LogP contribution in [-0.2, 0) is 76.8 Å². The first-order valence-corrected chi connectivity index (χ1v) is 48.3. The number of nitrogens with one attached hydrogen (secondary N) is 4. The number of amides is 4. The van der Waals surface area contributed by atoms with Gasteiger partial charge >= 0.3 is 23.9 Å². The number of ether oxygens (including phenoxy) is 8. The number of allylic oxidation sites excluding steroid dienone is 4. The van der Waals surface area contributed by atoms with Gasteiger partial charge in [-0.3, -0.25) is 38.4 Å². The molecule has 5 heterocycles. The van der Waals surface area contributed by atoms with Gasteiger partial charge in [0.2, 0.25) is 30.4 Å². The normalized spacial score (nSPS) is 44.5. The summed E-state index contributed by atoms with van der Waals surface area (Å²) in [6, 6.07) is 14.7. The number of esters is 4. The van der Waals surface area contributed by atoms with Crippen LogP contribution < -0.4 is 40.2 Å². The van der Waals surface area contributed by atoms with Crippen LogP contribution in [0.5, 0.6) is 23.0 Å². The molecule has 0 aromatic heterocycles. The van der Waals surface area contributed by atoms with Crippen molar-refractivity contribution >= 4 is 63.4 Å². The average molecular weight is 1910 g/mol. The van der Waals surface area contributed by atoms with Crippen molar-refractivity contribution in [2.24, 2.45) is 114 Å². The summed E-state index contributed by atoms with van der Waals surface area (Å²) in [6.07, 6.45) is 10.2. The highest BCUT2D eigenvalue weighted by molar-refractivity contribution is 9.09. The van der Waals surface area contributed by atoms with Crippen LogP contribution >= 0.6 is 15.9 Å². The Hall–Kier alpha value is -9.44. The van der Waals surface area contributed by atoms with Gasteiger partial charge in [-0.05, 0) is 271 Å². The topological polar surface area (TPSA) is 420 Å². The predicted octanol–water partition coefficient (Wildman–Crippen LogP) is 8.30. The van der Waals surface area contributed by atoms with E-state index in [4.69, 9.17) is 37.9 Å². The van der Waals surface area contributed by atoms with Crippen molar-refractivity contribution in [2.75, 3.05) is 39.4 Å². The molecule has 21 aliphatic rings.